The molecule has 0 fully saturated rings. The number of aromatic nitrogens is 3. The van der Waals surface area contributed by atoms with Crippen molar-refractivity contribution in [3.63, 3.8) is 0 Å². The molecule has 2 aromatic heterocycles. The van der Waals surface area contributed by atoms with Crippen LogP contribution in [0.15, 0.2) is 18.5 Å². The Labute approximate surface area is 80.6 Å². The summed E-state index contributed by atoms with van der Waals surface area (Å²) in [4.78, 5) is 15.0. The summed E-state index contributed by atoms with van der Waals surface area (Å²) in [6.45, 7) is 1.88. The third-order valence-corrected chi connectivity index (χ3v) is 1.93. The highest BCUT2D eigenvalue weighted by molar-refractivity contribution is 5.78. The van der Waals surface area contributed by atoms with Crippen LogP contribution < -0.4 is 5.73 Å². The van der Waals surface area contributed by atoms with Crippen LogP contribution in [0, 0.1) is 6.92 Å². The van der Waals surface area contributed by atoms with Gasteiger partial charge in [-0.05, 0) is 13.0 Å². The number of imidazole rings is 1. The first-order chi connectivity index (χ1) is 6.66. The minimum absolute atomic E-state index is 0.197. The first-order valence-electron chi connectivity index (χ1n) is 4.25. The molecule has 0 spiro atoms. The number of hydrogen-bond donors (Lipinski definition) is 1. The molecule has 0 aliphatic heterocycles. The van der Waals surface area contributed by atoms with Crippen molar-refractivity contribution in [2.45, 2.75) is 13.3 Å². The van der Waals surface area contributed by atoms with E-state index in [-0.39, 0.29) is 12.3 Å². The number of carbonyl (C=O) groups is 1. The fourth-order valence-electron chi connectivity index (χ4n) is 1.39. The number of aryl methyl sites for hydroxylation is 1. The molecule has 1 amide bonds. The summed E-state index contributed by atoms with van der Waals surface area (Å²) in [5, 5.41) is 4.07. The van der Waals surface area contributed by atoms with Crippen LogP contribution in [0.25, 0.3) is 5.65 Å². The van der Waals surface area contributed by atoms with Crippen molar-refractivity contribution in [2.75, 3.05) is 0 Å². The van der Waals surface area contributed by atoms with Gasteiger partial charge < -0.3 is 5.73 Å². The number of fused-ring (bicyclic) bond motifs is 1. The van der Waals surface area contributed by atoms with Crippen LogP contribution in [-0.4, -0.2) is 20.5 Å². The van der Waals surface area contributed by atoms with E-state index in [0.29, 0.717) is 5.65 Å². The van der Waals surface area contributed by atoms with Gasteiger partial charge in [0.1, 0.15) is 0 Å². The van der Waals surface area contributed by atoms with Crippen LogP contribution in [0.2, 0.25) is 0 Å². The molecule has 5 nitrogen and oxygen atoms in total. The van der Waals surface area contributed by atoms with Crippen molar-refractivity contribution < 1.29 is 4.79 Å². The lowest BCUT2D eigenvalue weighted by atomic mass is 10.2. The number of primary amides is 1. The summed E-state index contributed by atoms with van der Waals surface area (Å²) < 4.78 is 1.65. The lowest BCUT2D eigenvalue weighted by Gasteiger charge is -1.98. The van der Waals surface area contributed by atoms with Crippen molar-refractivity contribution in [1.82, 2.24) is 14.6 Å². The fourth-order valence-corrected chi connectivity index (χ4v) is 1.39. The number of nitrogens with two attached hydrogens (primary N) is 1. The molecular weight excluding hydrogens is 180 g/mol. The van der Waals surface area contributed by atoms with E-state index in [0.717, 1.165) is 11.3 Å². The van der Waals surface area contributed by atoms with Crippen LogP contribution in [0.3, 0.4) is 0 Å². The maximum absolute atomic E-state index is 10.8. The molecule has 0 saturated heterocycles. The predicted octanol–water partition coefficient (Wildman–Crippen LogP) is 0.0655. The molecule has 72 valence electrons. The van der Waals surface area contributed by atoms with Gasteiger partial charge >= 0.3 is 0 Å². The zero-order chi connectivity index (χ0) is 10.1. The number of amides is 1. The maximum atomic E-state index is 10.8. The summed E-state index contributed by atoms with van der Waals surface area (Å²) in [5.41, 5.74) is 7.50. The molecule has 0 saturated carbocycles. The molecule has 0 unspecified atom stereocenters. The number of carbonyl (C=O) groups excluding carboxylic acids is 1. The first kappa shape index (κ1) is 8.68. The normalized spacial score (nSPS) is 10.6. The van der Waals surface area contributed by atoms with Gasteiger partial charge in [0.2, 0.25) is 5.91 Å². The van der Waals surface area contributed by atoms with Crippen LogP contribution >= 0.6 is 0 Å². The van der Waals surface area contributed by atoms with E-state index >= 15 is 0 Å². The SMILES string of the molecule is Cc1cn2nccc(CC(N)=O)c2n1. The third-order valence-electron chi connectivity index (χ3n) is 1.93. The van der Waals surface area contributed by atoms with Crippen molar-refractivity contribution in [3.05, 3.63) is 29.7 Å². The zero-order valence-electron chi connectivity index (χ0n) is 7.77. The minimum Gasteiger partial charge on any atom is -0.369 e. The molecule has 0 radical (unpaired) electrons. The second kappa shape index (κ2) is 3.10. The average molecular weight is 190 g/mol. The van der Waals surface area contributed by atoms with E-state index in [2.05, 4.69) is 10.1 Å². The molecule has 2 rings (SSSR count). The van der Waals surface area contributed by atoms with Crippen LogP contribution in [0.5, 0.6) is 0 Å². The zero-order valence-corrected chi connectivity index (χ0v) is 7.77. The van der Waals surface area contributed by atoms with E-state index in [1.807, 2.05) is 6.92 Å². The Morgan fingerprint density at radius 1 is 1.64 bits per heavy atom. The van der Waals surface area contributed by atoms with Gasteiger partial charge in [-0.3, -0.25) is 4.79 Å². The third kappa shape index (κ3) is 1.44. The van der Waals surface area contributed by atoms with E-state index in [1.165, 1.54) is 0 Å². The molecule has 2 N–H and O–H groups in total. The Balaban J connectivity index is 2.58. The Hall–Kier alpha value is -1.91. The highest BCUT2D eigenvalue weighted by Gasteiger charge is 2.06. The van der Waals surface area contributed by atoms with Gasteiger partial charge in [-0.15, -0.1) is 0 Å². The summed E-state index contributed by atoms with van der Waals surface area (Å²) in [6, 6.07) is 1.76. The summed E-state index contributed by atoms with van der Waals surface area (Å²) >= 11 is 0. The van der Waals surface area contributed by atoms with Crippen molar-refractivity contribution in [3.8, 4) is 0 Å². The van der Waals surface area contributed by atoms with E-state index in [4.69, 9.17) is 5.73 Å². The van der Waals surface area contributed by atoms with Crippen LogP contribution in [0.4, 0.5) is 0 Å². The molecule has 0 aliphatic rings. The first-order valence-corrected chi connectivity index (χ1v) is 4.25. The van der Waals surface area contributed by atoms with E-state index in [1.54, 1.807) is 23.0 Å². The monoisotopic (exact) mass is 190 g/mol. The highest BCUT2D eigenvalue weighted by atomic mass is 16.1. The smallest absolute Gasteiger partial charge is 0.221 e. The topological polar surface area (TPSA) is 73.3 Å². The number of rotatable bonds is 2. The molecule has 0 atom stereocenters. The van der Waals surface area contributed by atoms with Crippen molar-refractivity contribution in [2.24, 2.45) is 5.73 Å². The largest absolute Gasteiger partial charge is 0.369 e. The Morgan fingerprint density at radius 3 is 3.14 bits per heavy atom. The Kier molecular flexibility index (Phi) is 1.92. The second-order valence-electron chi connectivity index (χ2n) is 3.15. The molecular formula is C9H10N4O. The van der Waals surface area contributed by atoms with Gasteiger partial charge in [0.05, 0.1) is 18.3 Å². The molecule has 14 heavy (non-hydrogen) atoms. The van der Waals surface area contributed by atoms with Crippen LogP contribution in [0.1, 0.15) is 11.3 Å². The number of hydrogen-bond acceptors (Lipinski definition) is 3. The summed E-state index contributed by atoms with van der Waals surface area (Å²) in [6.07, 6.45) is 3.63. The second-order valence-corrected chi connectivity index (χ2v) is 3.15. The molecule has 0 aliphatic carbocycles. The molecule has 0 aromatic carbocycles. The van der Waals surface area contributed by atoms with Gasteiger partial charge in [-0.2, -0.15) is 5.10 Å². The molecule has 2 aromatic rings. The van der Waals surface area contributed by atoms with Crippen molar-refractivity contribution >= 4 is 11.6 Å². The van der Waals surface area contributed by atoms with Gasteiger partial charge in [-0.1, -0.05) is 0 Å². The van der Waals surface area contributed by atoms with E-state index < -0.39 is 0 Å². The van der Waals surface area contributed by atoms with Gasteiger partial charge in [0, 0.05) is 11.8 Å². The molecule has 5 heteroatoms. The Morgan fingerprint density at radius 2 is 2.43 bits per heavy atom. The predicted molar refractivity (Wildman–Crippen MR) is 50.6 cm³/mol. The average Bonchev–Trinajstić information content (AvgIpc) is 2.45. The van der Waals surface area contributed by atoms with Crippen LogP contribution in [-0.2, 0) is 11.2 Å². The van der Waals surface area contributed by atoms with Gasteiger partial charge in [-0.25, -0.2) is 9.50 Å². The maximum Gasteiger partial charge on any atom is 0.221 e. The standard InChI is InChI=1S/C9H10N4O/c1-6-5-13-9(12-6)7(2-3-11-13)4-8(10)14/h2-3,5H,4H2,1H3,(H2,10,14). The lowest BCUT2D eigenvalue weighted by Crippen LogP contribution is -2.14. The van der Waals surface area contributed by atoms with Gasteiger partial charge in [0.25, 0.3) is 0 Å². The molecule has 2 heterocycles. The van der Waals surface area contributed by atoms with E-state index in [9.17, 15) is 4.79 Å². The quantitative estimate of drug-likeness (QED) is 0.728. The van der Waals surface area contributed by atoms with Crippen molar-refractivity contribution in [1.29, 1.82) is 0 Å². The summed E-state index contributed by atoms with van der Waals surface area (Å²) in [7, 11) is 0. The molecule has 0 bridgehead atoms. The number of nitrogens with zero attached hydrogens (tertiary/aromatic N) is 3. The minimum atomic E-state index is -0.362. The fraction of sp³-hybridized carbons (Fsp3) is 0.222. The highest BCUT2D eigenvalue weighted by Crippen LogP contribution is 2.09. The Bertz CT molecular complexity index is 489. The lowest BCUT2D eigenvalue weighted by molar-refractivity contribution is -0.117. The van der Waals surface area contributed by atoms with Gasteiger partial charge in [0.15, 0.2) is 5.65 Å². The summed E-state index contributed by atoms with van der Waals surface area (Å²) in [5.74, 6) is -0.362.